The highest BCUT2D eigenvalue weighted by Gasteiger charge is 2.18. The minimum Gasteiger partial charge on any atom is -0.496 e. The number of nitrogens with two attached hydrogens (primary N) is 1. The van der Waals surface area contributed by atoms with Gasteiger partial charge in [-0.3, -0.25) is 4.79 Å². The Kier molecular flexibility index (Phi) is 3.98. The first-order valence-electron chi connectivity index (χ1n) is 6.25. The van der Waals surface area contributed by atoms with Crippen LogP contribution < -0.4 is 10.5 Å². The van der Waals surface area contributed by atoms with Gasteiger partial charge in [-0.1, -0.05) is 0 Å². The highest BCUT2D eigenvalue weighted by molar-refractivity contribution is 5.97. The first-order valence-corrected chi connectivity index (χ1v) is 6.25. The number of methoxy groups -OCH3 is 1. The monoisotopic (exact) mass is 274 g/mol. The van der Waals surface area contributed by atoms with Crippen molar-refractivity contribution < 1.29 is 13.9 Å². The van der Waals surface area contributed by atoms with E-state index in [2.05, 4.69) is 0 Å². The van der Waals surface area contributed by atoms with Crippen LogP contribution in [0.3, 0.4) is 0 Å². The summed E-state index contributed by atoms with van der Waals surface area (Å²) in [5.41, 5.74) is 7.73. The molecule has 0 atom stereocenters. The van der Waals surface area contributed by atoms with Crippen LogP contribution in [-0.4, -0.2) is 25.0 Å². The van der Waals surface area contributed by atoms with Crippen LogP contribution in [0.1, 0.15) is 21.7 Å². The van der Waals surface area contributed by atoms with E-state index in [0.717, 1.165) is 11.3 Å². The molecule has 0 aliphatic heterocycles. The fraction of sp³-hybridized carbons (Fsp3) is 0.267. The van der Waals surface area contributed by atoms with Crippen LogP contribution in [0.4, 0.5) is 5.69 Å². The van der Waals surface area contributed by atoms with Crippen LogP contribution >= 0.6 is 0 Å². The Labute approximate surface area is 117 Å². The molecule has 0 bridgehead atoms. The number of nitrogen functional groups attached to an aromatic ring is 1. The number of ether oxygens (including phenoxy) is 1. The lowest BCUT2D eigenvalue weighted by Crippen LogP contribution is -2.26. The van der Waals surface area contributed by atoms with E-state index >= 15 is 0 Å². The molecule has 1 aromatic carbocycles. The number of benzene rings is 1. The predicted octanol–water partition coefficient (Wildman–Crippen LogP) is 2.45. The van der Waals surface area contributed by atoms with Gasteiger partial charge in [0.05, 0.1) is 18.9 Å². The molecule has 2 N–H and O–H groups in total. The van der Waals surface area contributed by atoms with Crippen molar-refractivity contribution in [1.82, 2.24) is 4.90 Å². The molecule has 1 aromatic heterocycles. The summed E-state index contributed by atoms with van der Waals surface area (Å²) in [5, 5.41) is 0. The molecule has 0 saturated carbocycles. The Morgan fingerprint density at radius 3 is 2.75 bits per heavy atom. The summed E-state index contributed by atoms with van der Waals surface area (Å²) in [6.07, 6.45) is 1.62. The number of amides is 1. The number of hydrogen-bond acceptors (Lipinski definition) is 4. The van der Waals surface area contributed by atoms with E-state index in [0.29, 0.717) is 23.5 Å². The molecule has 0 aliphatic rings. The molecule has 0 fully saturated rings. The lowest BCUT2D eigenvalue weighted by molar-refractivity contribution is 0.0781. The molecular formula is C15H18N2O3. The molecule has 106 valence electrons. The van der Waals surface area contributed by atoms with Crippen molar-refractivity contribution in [1.29, 1.82) is 0 Å². The van der Waals surface area contributed by atoms with Crippen LogP contribution in [0.25, 0.3) is 0 Å². The van der Waals surface area contributed by atoms with Gasteiger partial charge in [0, 0.05) is 30.9 Å². The minimum atomic E-state index is -0.123. The van der Waals surface area contributed by atoms with Gasteiger partial charge < -0.3 is 19.8 Å². The zero-order valence-electron chi connectivity index (χ0n) is 11.8. The van der Waals surface area contributed by atoms with E-state index in [-0.39, 0.29) is 5.91 Å². The standard InChI is InChI=1S/C15H18N2O3/c1-10-11(6-7-20-10)9-17(2)15(18)13-5-4-12(16)8-14(13)19-3/h4-8H,9,16H2,1-3H3. The topological polar surface area (TPSA) is 68.7 Å². The van der Waals surface area contributed by atoms with Crippen molar-refractivity contribution in [2.45, 2.75) is 13.5 Å². The largest absolute Gasteiger partial charge is 0.496 e. The predicted molar refractivity (Wildman–Crippen MR) is 76.6 cm³/mol. The Balaban J connectivity index is 2.20. The minimum absolute atomic E-state index is 0.123. The molecular weight excluding hydrogens is 256 g/mol. The van der Waals surface area contributed by atoms with E-state index in [9.17, 15) is 4.79 Å². The van der Waals surface area contributed by atoms with Crippen LogP contribution in [0.5, 0.6) is 5.75 Å². The van der Waals surface area contributed by atoms with Gasteiger partial charge in [-0.2, -0.15) is 0 Å². The molecule has 0 aliphatic carbocycles. The second kappa shape index (κ2) is 5.69. The summed E-state index contributed by atoms with van der Waals surface area (Å²) < 4.78 is 10.4. The number of aryl methyl sites for hydroxylation is 1. The zero-order valence-corrected chi connectivity index (χ0v) is 11.8. The maximum atomic E-state index is 12.4. The van der Waals surface area contributed by atoms with Crippen molar-refractivity contribution in [2.75, 3.05) is 19.9 Å². The van der Waals surface area contributed by atoms with Crippen molar-refractivity contribution >= 4 is 11.6 Å². The summed E-state index contributed by atoms with van der Waals surface area (Å²) in [4.78, 5) is 14.1. The number of hydrogen-bond donors (Lipinski definition) is 1. The van der Waals surface area contributed by atoms with Crippen molar-refractivity contribution in [3.8, 4) is 5.75 Å². The van der Waals surface area contributed by atoms with Crippen LogP contribution in [0, 0.1) is 6.92 Å². The lowest BCUT2D eigenvalue weighted by atomic mass is 10.1. The van der Waals surface area contributed by atoms with E-state index in [1.54, 1.807) is 36.4 Å². The van der Waals surface area contributed by atoms with Gasteiger partial charge in [0.25, 0.3) is 5.91 Å². The summed E-state index contributed by atoms with van der Waals surface area (Å²) in [6, 6.07) is 6.87. The molecule has 2 aromatic rings. The van der Waals surface area contributed by atoms with Crippen LogP contribution in [0.2, 0.25) is 0 Å². The third kappa shape index (κ3) is 2.77. The third-order valence-corrected chi connectivity index (χ3v) is 3.18. The average molecular weight is 274 g/mol. The molecule has 2 rings (SSSR count). The number of carbonyl (C=O) groups excluding carboxylic acids is 1. The Morgan fingerprint density at radius 2 is 2.15 bits per heavy atom. The molecule has 5 heteroatoms. The second-order valence-electron chi connectivity index (χ2n) is 4.62. The van der Waals surface area contributed by atoms with Gasteiger partial charge >= 0.3 is 0 Å². The molecule has 0 saturated heterocycles. The number of furan rings is 1. The van der Waals surface area contributed by atoms with Gasteiger partial charge in [0.1, 0.15) is 11.5 Å². The molecule has 1 heterocycles. The SMILES string of the molecule is COc1cc(N)ccc1C(=O)N(C)Cc1ccoc1C. The molecule has 20 heavy (non-hydrogen) atoms. The fourth-order valence-electron chi connectivity index (χ4n) is 1.99. The van der Waals surface area contributed by atoms with Crippen molar-refractivity contribution in [3.63, 3.8) is 0 Å². The molecule has 5 nitrogen and oxygen atoms in total. The quantitative estimate of drug-likeness (QED) is 0.869. The third-order valence-electron chi connectivity index (χ3n) is 3.18. The van der Waals surface area contributed by atoms with E-state index < -0.39 is 0 Å². The molecule has 0 radical (unpaired) electrons. The number of rotatable bonds is 4. The summed E-state index contributed by atoms with van der Waals surface area (Å²) in [6.45, 7) is 2.35. The van der Waals surface area contributed by atoms with Gasteiger partial charge in [0.2, 0.25) is 0 Å². The highest BCUT2D eigenvalue weighted by Crippen LogP contribution is 2.23. The Morgan fingerprint density at radius 1 is 1.40 bits per heavy atom. The molecule has 1 amide bonds. The Bertz CT molecular complexity index is 619. The van der Waals surface area contributed by atoms with E-state index in [1.807, 2.05) is 13.0 Å². The van der Waals surface area contributed by atoms with Gasteiger partial charge in [-0.05, 0) is 25.1 Å². The van der Waals surface area contributed by atoms with Gasteiger partial charge in [-0.25, -0.2) is 0 Å². The van der Waals surface area contributed by atoms with E-state index in [4.69, 9.17) is 14.9 Å². The normalized spacial score (nSPS) is 10.3. The second-order valence-corrected chi connectivity index (χ2v) is 4.62. The average Bonchev–Trinajstić information content (AvgIpc) is 2.83. The summed E-state index contributed by atoms with van der Waals surface area (Å²) in [7, 11) is 3.26. The molecule has 0 spiro atoms. The number of carbonyl (C=O) groups is 1. The molecule has 0 unspecified atom stereocenters. The lowest BCUT2D eigenvalue weighted by Gasteiger charge is -2.18. The van der Waals surface area contributed by atoms with Crippen LogP contribution in [0.15, 0.2) is 34.9 Å². The van der Waals surface area contributed by atoms with Crippen LogP contribution in [-0.2, 0) is 6.54 Å². The maximum absolute atomic E-state index is 12.4. The fourth-order valence-corrected chi connectivity index (χ4v) is 1.99. The summed E-state index contributed by atoms with van der Waals surface area (Å²) >= 11 is 0. The maximum Gasteiger partial charge on any atom is 0.257 e. The highest BCUT2D eigenvalue weighted by atomic mass is 16.5. The first kappa shape index (κ1) is 14.0. The number of nitrogens with zero attached hydrogens (tertiary/aromatic N) is 1. The Hall–Kier alpha value is -2.43. The van der Waals surface area contributed by atoms with Crippen molar-refractivity contribution in [3.05, 3.63) is 47.4 Å². The van der Waals surface area contributed by atoms with Gasteiger partial charge in [0.15, 0.2) is 0 Å². The smallest absolute Gasteiger partial charge is 0.257 e. The van der Waals surface area contributed by atoms with Crippen molar-refractivity contribution in [2.24, 2.45) is 0 Å². The first-order chi connectivity index (χ1) is 9.52. The summed E-state index contributed by atoms with van der Waals surface area (Å²) in [5.74, 6) is 1.17. The zero-order chi connectivity index (χ0) is 14.7. The van der Waals surface area contributed by atoms with Gasteiger partial charge in [-0.15, -0.1) is 0 Å². The number of anilines is 1. The van der Waals surface area contributed by atoms with E-state index in [1.165, 1.54) is 7.11 Å².